The Balaban J connectivity index is 2.62. The minimum atomic E-state index is -0.498. The number of nitrogens with one attached hydrogen (secondary N) is 1. The van der Waals surface area contributed by atoms with E-state index in [2.05, 4.69) is 10.2 Å². The molecule has 1 N–H and O–H groups in total. The van der Waals surface area contributed by atoms with E-state index in [-0.39, 0.29) is 5.56 Å². The smallest absolute Gasteiger partial charge is 0.129 e. The van der Waals surface area contributed by atoms with Gasteiger partial charge >= 0.3 is 0 Å². The summed E-state index contributed by atoms with van der Waals surface area (Å²) in [7, 11) is 0. The predicted molar refractivity (Wildman–Crippen MR) is 62.8 cm³/mol. The van der Waals surface area contributed by atoms with Gasteiger partial charge in [-0.15, -0.1) is 0 Å². The lowest BCUT2D eigenvalue weighted by molar-refractivity contribution is 0.560. The molecular weight excluding hydrogens is 222 g/mol. The van der Waals surface area contributed by atoms with Gasteiger partial charge in [0.15, 0.2) is 0 Å². The summed E-state index contributed by atoms with van der Waals surface area (Å²) < 4.78 is 27.4. The third kappa shape index (κ3) is 1.95. The van der Waals surface area contributed by atoms with Crippen LogP contribution in [0.2, 0.25) is 0 Å². The van der Waals surface area contributed by atoms with Crippen molar-refractivity contribution in [3.05, 3.63) is 40.7 Å². The molecule has 90 valence electrons. The Morgan fingerprint density at radius 1 is 1.18 bits per heavy atom. The van der Waals surface area contributed by atoms with E-state index in [1.165, 1.54) is 12.1 Å². The molecular formula is C13H14F2N2. The van der Waals surface area contributed by atoms with Crippen LogP contribution in [-0.4, -0.2) is 10.2 Å². The minimum Gasteiger partial charge on any atom is -0.282 e. The number of rotatable bonds is 2. The average Bonchev–Trinajstić information content (AvgIpc) is 2.58. The molecule has 0 radical (unpaired) electrons. The molecule has 2 nitrogen and oxygen atoms in total. The van der Waals surface area contributed by atoms with Gasteiger partial charge in [0.1, 0.15) is 11.6 Å². The lowest BCUT2D eigenvalue weighted by atomic mass is 10.0. The molecule has 1 aromatic carbocycles. The number of halogens is 2. The quantitative estimate of drug-likeness (QED) is 0.848. The second kappa shape index (κ2) is 4.28. The van der Waals surface area contributed by atoms with Gasteiger partial charge in [-0.1, -0.05) is 6.92 Å². The zero-order valence-electron chi connectivity index (χ0n) is 10.1. The minimum absolute atomic E-state index is 0.132. The Bertz CT molecular complexity index is 516. The Hall–Kier alpha value is -1.71. The van der Waals surface area contributed by atoms with Crippen molar-refractivity contribution >= 4 is 0 Å². The molecule has 17 heavy (non-hydrogen) atoms. The summed E-state index contributed by atoms with van der Waals surface area (Å²) >= 11 is 0. The number of nitrogens with zero attached hydrogens (tertiary/aromatic N) is 1. The SMILES string of the molecule is CCc1c(F)cc(-c2c(C)n[nH]c2C)cc1F. The summed E-state index contributed by atoms with van der Waals surface area (Å²) in [5.41, 5.74) is 2.98. The van der Waals surface area contributed by atoms with Gasteiger partial charge in [-0.3, -0.25) is 5.10 Å². The number of aryl methyl sites for hydroxylation is 2. The topological polar surface area (TPSA) is 28.7 Å². The first-order valence-electron chi connectivity index (χ1n) is 5.54. The van der Waals surface area contributed by atoms with E-state index in [0.717, 1.165) is 17.0 Å². The molecule has 0 aliphatic rings. The predicted octanol–water partition coefficient (Wildman–Crippen LogP) is 3.53. The van der Waals surface area contributed by atoms with Crippen molar-refractivity contribution in [3.8, 4) is 11.1 Å². The van der Waals surface area contributed by atoms with Crippen molar-refractivity contribution in [3.63, 3.8) is 0 Å². The Morgan fingerprint density at radius 2 is 1.76 bits per heavy atom. The van der Waals surface area contributed by atoms with E-state index in [1.807, 2.05) is 13.8 Å². The maximum atomic E-state index is 13.7. The number of hydrogen-bond acceptors (Lipinski definition) is 1. The van der Waals surface area contributed by atoms with E-state index in [4.69, 9.17) is 0 Å². The van der Waals surface area contributed by atoms with Gasteiger partial charge in [0, 0.05) is 16.8 Å². The molecule has 0 unspecified atom stereocenters. The van der Waals surface area contributed by atoms with Crippen LogP contribution < -0.4 is 0 Å². The van der Waals surface area contributed by atoms with Crippen molar-refractivity contribution < 1.29 is 8.78 Å². The lowest BCUT2D eigenvalue weighted by Gasteiger charge is -2.07. The van der Waals surface area contributed by atoms with Crippen LogP contribution in [0.25, 0.3) is 11.1 Å². The summed E-state index contributed by atoms with van der Waals surface area (Å²) in [6, 6.07) is 2.74. The molecule has 1 heterocycles. The highest BCUT2D eigenvalue weighted by Gasteiger charge is 2.14. The van der Waals surface area contributed by atoms with Gasteiger partial charge in [0.25, 0.3) is 0 Å². The molecule has 0 spiro atoms. The molecule has 0 amide bonds. The standard InChI is InChI=1S/C13H14F2N2/c1-4-10-11(14)5-9(6-12(10)15)13-7(2)16-17-8(13)3/h5-6H,4H2,1-3H3,(H,16,17). The highest BCUT2D eigenvalue weighted by atomic mass is 19.1. The number of hydrogen-bond donors (Lipinski definition) is 1. The third-order valence-corrected chi connectivity index (χ3v) is 2.91. The molecule has 0 saturated carbocycles. The fourth-order valence-corrected chi connectivity index (χ4v) is 2.06. The monoisotopic (exact) mass is 236 g/mol. The zero-order chi connectivity index (χ0) is 12.6. The molecule has 0 saturated heterocycles. The first kappa shape index (κ1) is 11.8. The fourth-order valence-electron chi connectivity index (χ4n) is 2.06. The molecule has 0 aliphatic heterocycles. The van der Waals surface area contributed by atoms with Crippen molar-refractivity contribution in [1.82, 2.24) is 10.2 Å². The summed E-state index contributed by atoms with van der Waals surface area (Å²) in [6.07, 6.45) is 0.349. The van der Waals surface area contributed by atoms with Crippen LogP contribution in [0.3, 0.4) is 0 Å². The lowest BCUT2D eigenvalue weighted by Crippen LogP contribution is -1.95. The van der Waals surface area contributed by atoms with E-state index < -0.39 is 11.6 Å². The van der Waals surface area contributed by atoms with E-state index in [9.17, 15) is 8.78 Å². The first-order valence-corrected chi connectivity index (χ1v) is 5.54. The molecule has 0 fully saturated rings. The van der Waals surface area contributed by atoms with Crippen LogP contribution in [0.4, 0.5) is 8.78 Å². The molecule has 1 aromatic heterocycles. The second-order valence-electron chi connectivity index (χ2n) is 4.08. The van der Waals surface area contributed by atoms with Crippen molar-refractivity contribution in [2.75, 3.05) is 0 Å². The zero-order valence-corrected chi connectivity index (χ0v) is 10.1. The van der Waals surface area contributed by atoms with Crippen molar-refractivity contribution in [1.29, 1.82) is 0 Å². The molecule has 0 aliphatic carbocycles. The van der Waals surface area contributed by atoms with Gasteiger partial charge in [-0.25, -0.2) is 8.78 Å². The molecule has 0 bridgehead atoms. The average molecular weight is 236 g/mol. The number of aromatic nitrogens is 2. The van der Waals surface area contributed by atoms with Gasteiger partial charge in [-0.2, -0.15) is 5.10 Å². The summed E-state index contributed by atoms with van der Waals surface area (Å²) in [4.78, 5) is 0. The summed E-state index contributed by atoms with van der Waals surface area (Å²) in [5.74, 6) is -0.995. The van der Waals surface area contributed by atoms with Crippen LogP contribution in [0, 0.1) is 25.5 Å². The molecule has 4 heteroatoms. The maximum Gasteiger partial charge on any atom is 0.129 e. The Kier molecular flexibility index (Phi) is 2.96. The summed E-state index contributed by atoms with van der Waals surface area (Å²) in [5, 5.41) is 6.83. The molecule has 0 atom stereocenters. The van der Waals surface area contributed by atoms with Gasteiger partial charge in [0.05, 0.1) is 5.69 Å². The molecule has 2 rings (SSSR count). The van der Waals surface area contributed by atoms with Gasteiger partial charge in [-0.05, 0) is 38.0 Å². The number of aromatic amines is 1. The summed E-state index contributed by atoms with van der Waals surface area (Å²) in [6.45, 7) is 5.37. The highest BCUT2D eigenvalue weighted by Crippen LogP contribution is 2.28. The van der Waals surface area contributed by atoms with Crippen LogP contribution in [-0.2, 0) is 6.42 Å². The van der Waals surface area contributed by atoms with Crippen LogP contribution >= 0.6 is 0 Å². The number of H-pyrrole nitrogens is 1. The van der Waals surface area contributed by atoms with Crippen LogP contribution in [0.15, 0.2) is 12.1 Å². The van der Waals surface area contributed by atoms with Gasteiger partial charge in [0.2, 0.25) is 0 Å². The van der Waals surface area contributed by atoms with Crippen LogP contribution in [0.5, 0.6) is 0 Å². The second-order valence-corrected chi connectivity index (χ2v) is 4.08. The van der Waals surface area contributed by atoms with E-state index in [1.54, 1.807) is 6.92 Å². The van der Waals surface area contributed by atoms with Gasteiger partial charge < -0.3 is 0 Å². The van der Waals surface area contributed by atoms with Crippen molar-refractivity contribution in [2.24, 2.45) is 0 Å². The van der Waals surface area contributed by atoms with E-state index in [0.29, 0.717) is 12.0 Å². The third-order valence-electron chi connectivity index (χ3n) is 2.91. The normalized spacial score (nSPS) is 10.9. The van der Waals surface area contributed by atoms with Crippen LogP contribution in [0.1, 0.15) is 23.9 Å². The first-order chi connectivity index (χ1) is 8.04. The Labute approximate surface area is 98.7 Å². The van der Waals surface area contributed by atoms with E-state index >= 15 is 0 Å². The maximum absolute atomic E-state index is 13.7. The number of benzene rings is 1. The molecule has 2 aromatic rings. The fraction of sp³-hybridized carbons (Fsp3) is 0.308. The van der Waals surface area contributed by atoms with Crippen molar-refractivity contribution in [2.45, 2.75) is 27.2 Å². The Morgan fingerprint density at radius 3 is 2.18 bits per heavy atom. The largest absolute Gasteiger partial charge is 0.282 e. The highest BCUT2D eigenvalue weighted by molar-refractivity contribution is 5.68.